The fourth-order valence-electron chi connectivity index (χ4n) is 2.60. The molecule has 10 nitrogen and oxygen atoms in total. The van der Waals surface area contributed by atoms with Gasteiger partial charge in [-0.1, -0.05) is 24.3 Å². The molecular formula is C18H17N7O3. The van der Waals surface area contributed by atoms with Crippen molar-refractivity contribution in [2.45, 2.75) is 6.92 Å². The summed E-state index contributed by atoms with van der Waals surface area (Å²) in [5.74, 6) is -0.550. The van der Waals surface area contributed by atoms with Gasteiger partial charge in [0.05, 0.1) is 10.6 Å². The lowest BCUT2D eigenvalue weighted by molar-refractivity contribution is -0.383. The Hall–Kier alpha value is -4.21. The molecule has 0 saturated heterocycles. The molecule has 1 amide bonds. The predicted octanol–water partition coefficient (Wildman–Crippen LogP) is 2.33. The molecule has 2 aromatic carbocycles. The second-order valence-electron chi connectivity index (χ2n) is 5.92. The van der Waals surface area contributed by atoms with Gasteiger partial charge in [-0.25, -0.2) is 0 Å². The van der Waals surface area contributed by atoms with E-state index in [0.717, 1.165) is 5.56 Å². The number of nitrogens with one attached hydrogen (secondary N) is 2. The van der Waals surface area contributed by atoms with Crippen LogP contribution in [0.1, 0.15) is 23.0 Å². The maximum absolute atomic E-state index is 12.5. The topological polar surface area (TPSA) is 165 Å². The number of H-pyrrole nitrogens is 1. The third-order valence-corrected chi connectivity index (χ3v) is 3.95. The van der Waals surface area contributed by atoms with Crippen molar-refractivity contribution in [1.82, 2.24) is 4.98 Å². The second-order valence-corrected chi connectivity index (χ2v) is 5.92. The molecular weight excluding hydrogens is 362 g/mol. The Labute approximate surface area is 159 Å². The molecule has 0 radical (unpaired) electrons. The molecule has 0 saturated carbocycles. The van der Waals surface area contributed by atoms with Crippen molar-refractivity contribution in [2.75, 3.05) is 5.32 Å². The van der Waals surface area contributed by atoms with Crippen molar-refractivity contribution >= 4 is 39.9 Å². The SMILES string of the molecule is CC(=NN=C(N)N)c1ccc(NC(=O)c2cc3cccc([N+](=O)[O-])c3[nH]2)cc1. The number of amides is 1. The van der Waals surface area contributed by atoms with Crippen LogP contribution in [0.2, 0.25) is 0 Å². The first kappa shape index (κ1) is 18.6. The summed E-state index contributed by atoms with van der Waals surface area (Å²) >= 11 is 0. The Morgan fingerprint density at radius 2 is 1.86 bits per heavy atom. The Bertz CT molecular complexity index is 1110. The van der Waals surface area contributed by atoms with Crippen LogP contribution in [-0.2, 0) is 0 Å². The summed E-state index contributed by atoms with van der Waals surface area (Å²) in [4.78, 5) is 25.9. The quantitative estimate of drug-likeness (QED) is 0.231. The molecule has 0 spiro atoms. The normalized spacial score (nSPS) is 11.2. The number of nitro benzene ring substituents is 1. The summed E-state index contributed by atoms with van der Waals surface area (Å²) < 4.78 is 0. The molecule has 0 aliphatic heterocycles. The number of benzene rings is 2. The fraction of sp³-hybridized carbons (Fsp3) is 0.0556. The predicted molar refractivity (Wildman–Crippen MR) is 107 cm³/mol. The van der Waals surface area contributed by atoms with E-state index in [1.807, 2.05) is 0 Å². The molecule has 0 bridgehead atoms. The van der Waals surface area contributed by atoms with Crippen LogP contribution < -0.4 is 16.8 Å². The minimum absolute atomic E-state index is 0.0866. The maximum atomic E-state index is 12.5. The van der Waals surface area contributed by atoms with Gasteiger partial charge in [-0.05, 0) is 30.7 Å². The van der Waals surface area contributed by atoms with Crippen LogP contribution in [-0.4, -0.2) is 27.5 Å². The first-order valence-electron chi connectivity index (χ1n) is 8.16. The monoisotopic (exact) mass is 379 g/mol. The minimum atomic E-state index is -0.495. The third kappa shape index (κ3) is 3.96. The Balaban J connectivity index is 1.79. The zero-order valence-electron chi connectivity index (χ0n) is 14.8. The highest BCUT2D eigenvalue weighted by molar-refractivity contribution is 6.07. The number of para-hydroxylation sites is 1. The third-order valence-electron chi connectivity index (χ3n) is 3.95. The van der Waals surface area contributed by atoms with Crippen molar-refractivity contribution in [1.29, 1.82) is 0 Å². The van der Waals surface area contributed by atoms with Gasteiger partial charge in [-0.3, -0.25) is 14.9 Å². The number of non-ortho nitro benzene ring substituents is 1. The van der Waals surface area contributed by atoms with Gasteiger partial charge in [-0.15, -0.1) is 5.10 Å². The number of nitrogens with zero attached hydrogens (tertiary/aromatic N) is 3. The summed E-state index contributed by atoms with van der Waals surface area (Å²) in [5.41, 5.74) is 12.9. The van der Waals surface area contributed by atoms with Crippen molar-refractivity contribution < 1.29 is 9.72 Å². The van der Waals surface area contributed by atoms with Crippen LogP contribution in [0.3, 0.4) is 0 Å². The van der Waals surface area contributed by atoms with Gasteiger partial charge in [0.25, 0.3) is 11.6 Å². The summed E-state index contributed by atoms with van der Waals surface area (Å²) in [5, 5.41) is 21.9. The Kier molecular flexibility index (Phi) is 5.03. The lowest BCUT2D eigenvalue weighted by atomic mass is 10.1. The molecule has 6 N–H and O–H groups in total. The lowest BCUT2D eigenvalue weighted by Crippen LogP contribution is -2.22. The van der Waals surface area contributed by atoms with E-state index in [9.17, 15) is 14.9 Å². The molecule has 3 aromatic rings. The van der Waals surface area contributed by atoms with Gasteiger partial charge in [0.1, 0.15) is 11.2 Å². The molecule has 0 fully saturated rings. The Morgan fingerprint density at radius 3 is 2.50 bits per heavy atom. The van der Waals surface area contributed by atoms with E-state index < -0.39 is 10.8 Å². The number of rotatable bonds is 5. The standard InChI is InChI=1S/C18H17N7O3/c1-10(23-24-18(19)20)11-5-7-13(8-6-11)21-17(26)14-9-12-3-2-4-15(25(27)28)16(12)22-14/h2-9,22H,1H3,(H,21,26)(H4,19,20,24). The summed E-state index contributed by atoms with van der Waals surface area (Å²) in [6.07, 6.45) is 0. The van der Waals surface area contributed by atoms with Crippen LogP contribution in [0, 0.1) is 10.1 Å². The first-order valence-corrected chi connectivity index (χ1v) is 8.16. The molecule has 0 atom stereocenters. The number of carbonyl (C=O) groups is 1. The molecule has 3 rings (SSSR count). The zero-order chi connectivity index (χ0) is 20.3. The summed E-state index contributed by atoms with van der Waals surface area (Å²) in [6, 6.07) is 13.1. The summed E-state index contributed by atoms with van der Waals surface area (Å²) in [6.45, 7) is 1.75. The average Bonchev–Trinajstić information content (AvgIpc) is 3.11. The van der Waals surface area contributed by atoms with Crippen LogP contribution in [0.25, 0.3) is 10.9 Å². The number of nitro groups is 1. The average molecular weight is 379 g/mol. The molecule has 1 aromatic heterocycles. The molecule has 142 valence electrons. The highest BCUT2D eigenvalue weighted by Gasteiger charge is 2.17. The first-order chi connectivity index (χ1) is 13.3. The summed E-state index contributed by atoms with van der Waals surface area (Å²) in [7, 11) is 0. The number of hydrogen-bond acceptors (Lipinski definition) is 5. The zero-order valence-corrected chi connectivity index (χ0v) is 14.8. The molecule has 0 unspecified atom stereocenters. The van der Waals surface area contributed by atoms with Crippen LogP contribution in [0.4, 0.5) is 11.4 Å². The molecule has 28 heavy (non-hydrogen) atoms. The van der Waals surface area contributed by atoms with Crippen molar-refractivity contribution in [3.05, 3.63) is 69.9 Å². The van der Waals surface area contributed by atoms with Crippen molar-refractivity contribution in [3.63, 3.8) is 0 Å². The molecule has 1 heterocycles. The van der Waals surface area contributed by atoms with Gasteiger partial charge in [-0.2, -0.15) is 5.10 Å². The number of aromatic nitrogens is 1. The minimum Gasteiger partial charge on any atom is -0.369 e. The highest BCUT2D eigenvalue weighted by atomic mass is 16.6. The number of guanidine groups is 1. The van der Waals surface area contributed by atoms with Gasteiger partial charge in [0.15, 0.2) is 0 Å². The van der Waals surface area contributed by atoms with Gasteiger partial charge >= 0.3 is 0 Å². The number of carbonyl (C=O) groups excluding carboxylic acids is 1. The van der Waals surface area contributed by atoms with Crippen LogP contribution >= 0.6 is 0 Å². The van der Waals surface area contributed by atoms with Crippen LogP contribution in [0.5, 0.6) is 0 Å². The number of nitrogens with two attached hydrogens (primary N) is 2. The number of hydrogen-bond donors (Lipinski definition) is 4. The van der Waals surface area contributed by atoms with Gasteiger partial charge in [0.2, 0.25) is 5.96 Å². The molecule has 0 aliphatic rings. The highest BCUT2D eigenvalue weighted by Crippen LogP contribution is 2.25. The lowest BCUT2D eigenvalue weighted by Gasteiger charge is -2.05. The van der Waals surface area contributed by atoms with Crippen molar-refractivity contribution in [2.24, 2.45) is 21.7 Å². The largest absolute Gasteiger partial charge is 0.369 e. The fourth-order valence-corrected chi connectivity index (χ4v) is 2.60. The van der Waals surface area contributed by atoms with E-state index >= 15 is 0 Å². The van der Waals surface area contributed by atoms with Crippen LogP contribution in [0.15, 0.2) is 58.7 Å². The van der Waals surface area contributed by atoms with E-state index in [1.54, 1.807) is 49.4 Å². The van der Waals surface area contributed by atoms with E-state index in [2.05, 4.69) is 20.5 Å². The van der Waals surface area contributed by atoms with E-state index in [-0.39, 0.29) is 17.3 Å². The van der Waals surface area contributed by atoms with Gasteiger partial charge < -0.3 is 21.8 Å². The number of anilines is 1. The Morgan fingerprint density at radius 1 is 1.14 bits per heavy atom. The smallest absolute Gasteiger partial charge is 0.293 e. The number of aromatic amines is 1. The molecule has 0 aliphatic carbocycles. The molecule has 10 heteroatoms. The maximum Gasteiger partial charge on any atom is 0.293 e. The van der Waals surface area contributed by atoms with Crippen molar-refractivity contribution in [3.8, 4) is 0 Å². The van der Waals surface area contributed by atoms with Gasteiger partial charge in [0, 0.05) is 17.1 Å². The van der Waals surface area contributed by atoms with E-state index in [1.165, 1.54) is 6.07 Å². The van der Waals surface area contributed by atoms with E-state index in [0.29, 0.717) is 22.3 Å². The second kappa shape index (κ2) is 7.58. The van der Waals surface area contributed by atoms with E-state index in [4.69, 9.17) is 11.5 Å². The number of fused-ring (bicyclic) bond motifs is 1.